The van der Waals surface area contributed by atoms with Crippen LogP contribution in [0, 0.1) is 0 Å². The lowest BCUT2D eigenvalue weighted by Gasteiger charge is -2.27. The molecule has 2 heterocycles. The number of benzene rings is 7. The maximum atomic E-state index is 6.51. The van der Waals surface area contributed by atoms with E-state index >= 15 is 0 Å². The SMILES string of the molecule is C=NC(=NC(=NCc1ccc2c(c1)oc1ccc(-n3c4ccccc4c4cc(C5(C)C=CC=CC5)ccc43)cc12)c1cccc(-c2ccccc2)c1)c1ccccc1. The zero-order chi connectivity index (χ0) is 39.1. The van der Waals surface area contributed by atoms with Gasteiger partial charge >= 0.3 is 0 Å². The van der Waals surface area contributed by atoms with Crippen molar-refractivity contribution in [3.63, 3.8) is 0 Å². The number of aromatic nitrogens is 1. The van der Waals surface area contributed by atoms with E-state index in [4.69, 9.17) is 14.4 Å². The third-order valence-electron chi connectivity index (χ3n) is 11.4. The zero-order valence-electron chi connectivity index (χ0n) is 32.2. The van der Waals surface area contributed by atoms with Crippen molar-refractivity contribution in [2.45, 2.75) is 25.3 Å². The average Bonchev–Trinajstić information content (AvgIpc) is 3.82. The van der Waals surface area contributed by atoms with Gasteiger partial charge in [-0.25, -0.2) is 9.98 Å². The largest absolute Gasteiger partial charge is 0.456 e. The summed E-state index contributed by atoms with van der Waals surface area (Å²) in [7, 11) is 0. The Morgan fingerprint density at radius 2 is 1.40 bits per heavy atom. The molecule has 2 aromatic heterocycles. The van der Waals surface area contributed by atoms with Crippen LogP contribution >= 0.6 is 0 Å². The van der Waals surface area contributed by atoms with Gasteiger partial charge in [0.25, 0.3) is 0 Å². The first-order valence-corrected chi connectivity index (χ1v) is 19.7. The molecule has 0 bridgehead atoms. The zero-order valence-corrected chi connectivity index (χ0v) is 32.2. The molecule has 10 rings (SSSR count). The van der Waals surface area contributed by atoms with Gasteiger partial charge in [-0.2, -0.15) is 0 Å². The molecule has 1 atom stereocenters. The molecule has 1 unspecified atom stereocenters. The normalized spacial score (nSPS) is 15.9. The van der Waals surface area contributed by atoms with Crippen molar-refractivity contribution in [1.29, 1.82) is 0 Å². The second kappa shape index (κ2) is 14.6. The third kappa shape index (κ3) is 6.37. The predicted molar refractivity (Wildman–Crippen MR) is 243 cm³/mol. The summed E-state index contributed by atoms with van der Waals surface area (Å²) in [5.41, 5.74) is 11.4. The molecule has 0 aliphatic heterocycles. The molecule has 5 heteroatoms. The molecular weight excluding hydrogens is 709 g/mol. The van der Waals surface area contributed by atoms with Crippen LogP contribution in [-0.2, 0) is 12.0 Å². The maximum absolute atomic E-state index is 6.51. The van der Waals surface area contributed by atoms with Gasteiger partial charge in [0.05, 0.1) is 17.6 Å². The lowest BCUT2D eigenvalue weighted by molar-refractivity contribution is 0.600. The van der Waals surface area contributed by atoms with Crippen LogP contribution in [0.3, 0.4) is 0 Å². The molecule has 9 aromatic rings. The Bertz CT molecular complexity index is 3140. The van der Waals surface area contributed by atoms with Crippen LogP contribution in [0.4, 0.5) is 0 Å². The van der Waals surface area contributed by atoms with Crippen molar-refractivity contribution in [2.24, 2.45) is 15.0 Å². The molecule has 0 amide bonds. The molecule has 0 fully saturated rings. The van der Waals surface area contributed by atoms with Crippen LogP contribution in [-0.4, -0.2) is 23.0 Å². The monoisotopic (exact) mass is 748 g/mol. The first kappa shape index (κ1) is 35.1. The second-order valence-electron chi connectivity index (χ2n) is 15.2. The Balaban J connectivity index is 1.02. The van der Waals surface area contributed by atoms with Crippen LogP contribution < -0.4 is 0 Å². The lowest BCUT2D eigenvalue weighted by atomic mass is 9.77. The summed E-state index contributed by atoms with van der Waals surface area (Å²) in [6, 6.07) is 57.1. The molecule has 5 nitrogen and oxygen atoms in total. The second-order valence-corrected chi connectivity index (χ2v) is 15.2. The Morgan fingerprint density at radius 3 is 2.22 bits per heavy atom. The Morgan fingerprint density at radius 1 is 0.621 bits per heavy atom. The fraction of sp³-hybridized carbons (Fsp3) is 0.0755. The summed E-state index contributed by atoms with van der Waals surface area (Å²) in [6.07, 6.45) is 9.88. The Hall–Kier alpha value is -7.37. The van der Waals surface area contributed by atoms with Crippen molar-refractivity contribution in [2.75, 3.05) is 0 Å². The summed E-state index contributed by atoms with van der Waals surface area (Å²) in [5, 5.41) is 4.64. The number of amidine groups is 2. The third-order valence-corrected chi connectivity index (χ3v) is 11.4. The van der Waals surface area contributed by atoms with Gasteiger partial charge < -0.3 is 8.98 Å². The highest BCUT2D eigenvalue weighted by Gasteiger charge is 2.25. The van der Waals surface area contributed by atoms with Gasteiger partial charge in [0, 0.05) is 43.8 Å². The molecule has 0 N–H and O–H groups in total. The van der Waals surface area contributed by atoms with E-state index < -0.39 is 0 Å². The summed E-state index contributed by atoms with van der Waals surface area (Å²) in [5.74, 6) is 1.10. The van der Waals surface area contributed by atoms with E-state index in [-0.39, 0.29) is 5.41 Å². The Kier molecular flexibility index (Phi) is 8.83. The van der Waals surface area contributed by atoms with Crippen LogP contribution in [0.2, 0.25) is 0 Å². The van der Waals surface area contributed by atoms with Crippen molar-refractivity contribution in [3.8, 4) is 16.8 Å². The molecule has 0 saturated heterocycles. The summed E-state index contributed by atoms with van der Waals surface area (Å²) in [6.45, 7) is 6.57. The quantitative estimate of drug-likeness (QED) is 0.118. The number of aliphatic imine (C=N–C) groups is 3. The van der Waals surface area contributed by atoms with Crippen molar-refractivity contribution in [1.82, 2.24) is 4.57 Å². The summed E-state index contributed by atoms with van der Waals surface area (Å²) in [4.78, 5) is 14.4. The van der Waals surface area contributed by atoms with E-state index in [9.17, 15) is 0 Å². The standard InChI is InChI=1S/C53H40N4O/c1-53(29-12-5-13-30-53)41-24-27-48-45(33-41)43-21-10-11-22-47(43)57(48)42-25-28-49-46(34-42)44-26-23-36(31-50(44)58-49)35-55-52(56-51(54-2)38-17-8-4-9-18-38)40-20-14-19-39(32-40)37-15-6-3-7-16-37/h3-29,31-34H,2,30,35H2,1H3. The highest BCUT2D eigenvalue weighted by atomic mass is 16.3. The minimum absolute atomic E-state index is 0.0267. The van der Waals surface area contributed by atoms with Gasteiger partial charge in [-0.1, -0.05) is 146 Å². The Labute approximate surface area is 337 Å². The number of hydrogen-bond acceptors (Lipinski definition) is 2. The first-order chi connectivity index (χ1) is 28.5. The van der Waals surface area contributed by atoms with E-state index in [1.54, 1.807) is 0 Å². The van der Waals surface area contributed by atoms with Crippen LogP contribution in [0.1, 0.15) is 35.6 Å². The average molecular weight is 749 g/mol. The van der Waals surface area contributed by atoms with Gasteiger partial charge in [0.1, 0.15) is 11.2 Å². The smallest absolute Gasteiger partial charge is 0.161 e. The molecule has 7 aromatic carbocycles. The number of allylic oxidation sites excluding steroid dienone is 4. The molecule has 1 aliphatic rings. The first-order valence-electron chi connectivity index (χ1n) is 19.7. The molecule has 1 aliphatic carbocycles. The fourth-order valence-electron chi connectivity index (χ4n) is 8.30. The highest BCUT2D eigenvalue weighted by Crippen LogP contribution is 2.39. The number of rotatable bonds is 7. The van der Waals surface area contributed by atoms with Crippen LogP contribution in [0.5, 0.6) is 0 Å². The number of nitrogens with zero attached hydrogens (tertiary/aromatic N) is 4. The minimum atomic E-state index is -0.0267. The summed E-state index contributed by atoms with van der Waals surface area (Å²) >= 11 is 0. The van der Waals surface area contributed by atoms with Crippen LogP contribution in [0.25, 0.3) is 60.6 Å². The predicted octanol–water partition coefficient (Wildman–Crippen LogP) is 13.2. The van der Waals surface area contributed by atoms with Crippen LogP contribution in [0.15, 0.2) is 207 Å². The molecule has 0 saturated carbocycles. The van der Waals surface area contributed by atoms with Crippen molar-refractivity contribution < 1.29 is 4.42 Å². The molecule has 0 radical (unpaired) electrons. The van der Waals surface area contributed by atoms with Crippen molar-refractivity contribution in [3.05, 3.63) is 210 Å². The maximum Gasteiger partial charge on any atom is 0.161 e. The van der Waals surface area contributed by atoms with E-state index in [1.165, 1.54) is 27.4 Å². The number of hydrogen-bond donors (Lipinski definition) is 0. The van der Waals surface area contributed by atoms with Gasteiger partial charge in [0.15, 0.2) is 11.7 Å². The number of fused-ring (bicyclic) bond motifs is 6. The fourth-order valence-corrected chi connectivity index (χ4v) is 8.30. The van der Waals surface area contributed by atoms with Crippen molar-refractivity contribution >= 4 is 62.1 Å². The molecule has 58 heavy (non-hydrogen) atoms. The molecule has 278 valence electrons. The van der Waals surface area contributed by atoms with Gasteiger partial charge in [-0.05, 0) is 83.9 Å². The minimum Gasteiger partial charge on any atom is -0.456 e. The molecule has 0 spiro atoms. The van der Waals surface area contributed by atoms with E-state index in [2.05, 4.69) is 151 Å². The topological polar surface area (TPSA) is 55.1 Å². The van der Waals surface area contributed by atoms with Gasteiger partial charge in [0.2, 0.25) is 0 Å². The summed E-state index contributed by atoms with van der Waals surface area (Å²) < 4.78 is 8.89. The van der Waals surface area contributed by atoms with E-state index in [0.717, 1.165) is 61.9 Å². The number of para-hydroxylation sites is 1. The van der Waals surface area contributed by atoms with Gasteiger partial charge in [-0.15, -0.1) is 0 Å². The van der Waals surface area contributed by atoms with E-state index in [0.29, 0.717) is 18.2 Å². The van der Waals surface area contributed by atoms with Gasteiger partial charge in [-0.3, -0.25) is 4.99 Å². The molecular formula is C53H40N4O. The van der Waals surface area contributed by atoms with E-state index in [1.807, 2.05) is 60.7 Å². The number of furan rings is 1. The lowest BCUT2D eigenvalue weighted by Crippen LogP contribution is -2.19. The highest BCUT2D eigenvalue weighted by molar-refractivity contribution is 6.13.